The van der Waals surface area contributed by atoms with Crippen molar-refractivity contribution in [1.82, 2.24) is 29.3 Å². The molecule has 2 aliphatic carbocycles. The maximum atomic E-state index is 12.2. The molecule has 2 aliphatic rings. The molecule has 0 aliphatic heterocycles. The lowest BCUT2D eigenvalue weighted by Crippen LogP contribution is -2.31. The lowest BCUT2D eigenvalue weighted by molar-refractivity contribution is 0.443. The average Bonchev–Trinajstić information content (AvgIpc) is 3.11. The number of nitrogens with zero attached hydrogens (tertiary/aromatic N) is 4. The zero-order chi connectivity index (χ0) is 18.6. The Hall–Kier alpha value is -2.00. The normalized spacial score (nSPS) is 26.3. The Kier molecular flexibility index (Phi) is 3.98. The van der Waals surface area contributed by atoms with Gasteiger partial charge in [-0.1, -0.05) is 13.3 Å². The highest BCUT2D eigenvalue weighted by Gasteiger charge is 2.39. The number of H-pyrrole nitrogens is 1. The van der Waals surface area contributed by atoms with E-state index in [1.54, 1.807) is 6.20 Å². The van der Waals surface area contributed by atoms with E-state index >= 15 is 0 Å². The molecule has 0 bridgehead atoms. The van der Waals surface area contributed by atoms with E-state index in [1.165, 1.54) is 0 Å². The van der Waals surface area contributed by atoms with Crippen LogP contribution in [0, 0.1) is 11.8 Å². The Bertz CT molecular complexity index is 1080. The zero-order valence-electron chi connectivity index (χ0n) is 15.3. The third kappa shape index (κ3) is 2.93. The van der Waals surface area contributed by atoms with Gasteiger partial charge in [-0.2, -0.15) is 0 Å². The minimum atomic E-state index is -3.12. The van der Waals surface area contributed by atoms with Gasteiger partial charge in [-0.15, -0.1) is 10.2 Å². The molecule has 2 N–H and O–H groups in total. The van der Waals surface area contributed by atoms with Crippen molar-refractivity contribution < 1.29 is 8.42 Å². The van der Waals surface area contributed by atoms with Crippen molar-refractivity contribution in [3.8, 4) is 0 Å². The van der Waals surface area contributed by atoms with Crippen molar-refractivity contribution in [2.75, 3.05) is 6.54 Å². The van der Waals surface area contributed by atoms with Gasteiger partial charge in [0.2, 0.25) is 10.0 Å². The Morgan fingerprint density at radius 3 is 2.93 bits per heavy atom. The molecule has 27 heavy (non-hydrogen) atoms. The van der Waals surface area contributed by atoms with Crippen LogP contribution in [0.4, 0.5) is 0 Å². The predicted octanol–water partition coefficient (Wildman–Crippen LogP) is 2.21. The van der Waals surface area contributed by atoms with Crippen molar-refractivity contribution in [1.29, 1.82) is 0 Å². The second kappa shape index (κ2) is 6.27. The maximum Gasteiger partial charge on any atom is 0.214 e. The molecule has 0 spiro atoms. The molecule has 0 aromatic carbocycles. The molecule has 0 radical (unpaired) electrons. The Balaban J connectivity index is 1.42. The molecular formula is C18H24N6O2S. The number of aromatic amines is 1. The highest BCUT2D eigenvalue weighted by Crippen LogP contribution is 2.44. The SMILES string of the molecule is CC[C@H]1C[C@@H](CNS(=O)(=O)C2CC2)C[C@H]1c1nnc2cnc3[nH]ccc3n12. The molecule has 3 aromatic rings. The van der Waals surface area contributed by atoms with E-state index in [0.717, 1.165) is 54.7 Å². The number of nitrogens with one attached hydrogen (secondary N) is 2. The van der Waals surface area contributed by atoms with E-state index in [2.05, 4.69) is 36.2 Å². The van der Waals surface area contributed by atoms with Gasteiger partial charge in [0.25, 0.3) is 0 Å². The van der Waals surface area contributed by atoms with Crippen LogP contribution >= 0.6 is 0 Å². The summed E-state index contributed by atoms with van der Waals surface area (Å²) in [5, 5.41) is 8.68. The fourth-order valence-corrected chi connectivity index (χ4v) is 6.00. The fraction of sp³-hybridized carbons (Fsp3) is 0.611. The zero-order valence-corrected chi connectivity index (χ0v) is 16.1. The average molecular weight is 388 g/mol. The van der Waals surface area contributed by atoms with Crippen molar-refractivity contribution >= 4 is 26.8 Å². The maximum absolute atomic E-state index is 12.2. The van der Waals surface area contributed by atoms with Gasteiger partial charge in [-0.05, 0) is 43.6 Å². The van der Waals surface area contributed by atoms with Crippen molar-refractivity contribution in [3.63, 3.8) is 0 Å². The van der Waals surface area contributed by atoms with Crippen LogP contribution in [0.1, 0.15) is 50.8 Å². The molecule has 0 unspecified atom stereocenters. The molecule has 3 aromatic heterocycles. The summed E-state index contributed by atoms with van der Waals surface area (Å²) < 4.78 is 29.3. The van der Waals surface area contributed by atoms with Crippen LogP contribution in [0.15, 0.2) is 18.5 Å². The first-order valence-electron chi connectivity index (χ1n) is 9.72. The summed E-state index contributed by atoms with van der Waals surface area (Å²) in [4.78, 5) is 7.53. The van der Waals surface area contributed by atoms with Gasteiger partial charge < -0.3 is 4.98 Å². The first-order chi connectivity index (χ1) is 13.1. The standard InChI is InChI=1S/C18H24N6O2S/c1-2-12-7-11(9-21-27(25,26)13-3-4-13)8-14(12)18-23-22-16-10-20-17-15(24(16)18)5-6-19-17/h5-6,10-14,19,21H,2-4,7-9H2,1H3/t11-,12+,14-/m1/s1. The van der Waals surface area contributed by atoms with Crippen LogP contribution in [0.25, 0.3) is 16.8 Å². The van der Waals surface area contributed by atoms with Gasteiger partial charge in [0.15, 0.2) is 11.3 Å². The first-order valence-corrected chi connectivity index (χ1v) is 11.3. The summed E-state index contributed by atoms with van der Waals surface area (Å²) in [5.41, 5.74) is 2.56. The third-order valence-corrected chi connectivity index (χ3v) is 8.07. The van der Waals surface area contributed by atoms with Gasteiger partial charge in [-0.3, -0.25) is 4.40 Å². The van der Waals surface area contributed by atoms with Crippen LogP contribution in [0.3, 0.4) is 0 Å². The molecule has 2 saturated carbocycles. The second-order valence-corrected chi connectivity index (χ2v) is 9.97. The van der Waals surface area contributed by atoms with Gasteiger partial charge in [-0.25, -0.2) is 18.1 Å². The molecule has 5 rings (SSSR count). The van der Waals surface area contributed by atoms with Gasteiger partial charge >= 0.3 is 0 Å². The smallest absolute Gasteiger partial charge is 0.214 e. The Morgan fingerprint density at radius 1 is 1.30 bits per heavy atom. The second-order valence-electron chi connectivity index (χ2n) is 7.93. The summed E-state index contributed by atoms with van der Waals surface area (Å²) >= 11 is 0. The Morgan fingerprint density at radius 2 is 2.15 bits per heavy atom. The molecular weight excluding hydrogens is 364 g/mol. The van der Waals surface area contributed by atoms with Gasteiger partial charge in [0.05, 0.1) is 17.0 Å². The minimum Gasteiger partial charge on any atom is -0.345 e. The van der Waals surface area contributed by atoms with Crippen LogP contribution in [0.2, 0.25) is 0 Å². The van der Waals surface area contributed by atoms with E-state index in [-0.39, 0.29) is 11.2 Å². The van der Waals surface area contributed by atoms with Gasteiger partial charge in [0, 0.05) is 18.7 Å². The van der Waals surface area contributed by atoms with Crippen LogP contribution < -0.4 is 4.72 Å². The summed E-state index contributed by atoms with van der Waals surface area (Å²) in [5.74, 6) is 2.07. The fourth-order valence-electron chi connectivity index (χ4n) is 4.54. The van der Waals surface area contributed by atoms with E-state index in [4.69, 9.17) is 0 Å². The number of hydrogen-bond acceptors (Lipinski definition) is 5. The summed E-state index contributed by atoms with van der Waals surface area (Å²) in [6, 6.07) is 2.00. The lowest BCUT2D eigenvalue weighted by Gasteiger charge is -2.16. The number of hydrogen-bond donors (Lipinski definition) is 2. The highest BCUT2D eigenvalue weighted by molar-refractivity contribution is 7.90. The third-order valence-electron chi connectivity index (χ3n) is 6.15. The summed E-state index contributed by atoms with van der Waals surface area (Å²) in [6.07, 6.45) is 8.21. The summed E-state index contributed by atoms with van der Waals surface area (Å²) in [6.45, 7) is 2.73. The molecule has 144 valence electrons. The van der Waals surface area contributed by atoms with Crippen molar-refractivity contribution in [2.45, 2.75) is 50.2 Å². The molecule has 2 fully saturated rings. The van der Waals surface area contributed by atoms with Crippen molar-refractivity contribution in [2.24, 2.45) is 11.8 Å². The molecule has 0 amide bonds. The molecule has 0 saturated heterocycles. The monoisotopic (exact) mass is 388 g/mol. The number of aromatic nitrogens is 5. The van der Waals surface area contributed by atoms with Crippen LogP contribution in [-0.4, -0.2) is 44.8 Å². The molecule has 8 nitrogen and oxygen atoms in total. The molecule has 9 heteroatoms. The topological polar surface area (TPSA) is 105 Å². The molecule has 3 atom stereocenters. The van der Waals surface area contributed by atoms with Crippen LogP contribution in [0.5, 0.6) is 0 Å². The van der Waals surface area contributed by atoms with E-state index in [1.807, 2.05) is 12.3 Å². The van der Waals surface area contributed by atoms with Crippen molar-refractivity contribution in [3.05, 3.63) is 24.3 Å². The predicted molar refractivity (Wildman–Crippen MR) is 102 cm³/mol. The van der Waals surface area contributed by atoms with E-state index in [0.29, 0.717) is 18.4 Å². The molecule has 3 heterocycles. The minimum absolute atomic E-state index is 0.161. The highest BCUT2D eigenvalue weighted by atomic mass is 32.2. The Labute approximate surface area is 157 Å². The number of sulfonamides is 1. The lowest BCUT2D eigenvalue weighted by atomic mass is 9.93. The summed E-state index contributed by atoms with van der Waals surface area (Å²) in [7, 11) is -3.12. The van der Waals surface area contributed by atoms with Gasteiger partial charge in [0.1, 0.15) is 5.82 Å². The number of fused-ring (bicyclic) bond motifs is 3. The van der Waals surface area contributed by atoms with E-state index in [9.17, 15) is 8.42 Å². The van der Waals surface area contributed by atoms with Crippen LogP contribution in [-0.2, 0) is 10.0 Å². The number of rotatable bonds is 6. The quantitative estimate of drug-likeness (QED) is 0.673. The first kappa shape index (κ1) is 17.1. The largest absolute Gasteiger partial charge is 0.345 e. The van der Waals surface area contributed by atoms with E-state index < -0.39 is 10.0 Å².